The number of amides is 1. The van der Waals surface area contributed by atoms with Crippen LogP contribution in [-0.2, 0) is 28.9 Å². The van der Waals surface area contributed by atoms with E-state index in [0.29, 0.717) is 24.2 Å². The highest BCUT2D eigenvalue weighted by Gasteiger charge is 2.23. The Balaban J connectivity index is 1.54. The van der Waals surface area contributed by atoms with Gasteiger partial charge in [0.1, 0.15) is 4.83 Å². The Bertz CT molecular complexity index is 961. The summed E-state index contributed by atoms with van der Waals surface area (Å²) < 4.78 is 7.37. The van der Waals surface area contributed by atoms with Crippen LogP contribution in [-0.4, -0.2) is 40.5 Å². The molecule has 2 aliphatic rings. The molecule has 0 radical (unpaired) electrons. The van der Waals surface area contributed by atoms with E-state index in [-0.39, 0.29) is 23.3 Å². The summed E-state index contributed by atoms with van der Waals surface area (Å²) in [7, 11) is 0. The maximum Gasteiger partial charge on any atom is 0.263 e. The van der Waals surface area contributed by atoms with E-state index < -0.39 is 0 Å². The van der Waals surface area contributed by atoms with Gasteiger partial charge in [0.2, 0.25) is 5.91 Å². The number of nitrogens with one attached hydrogen (secondary N) is 1. The Morgan fingerprint density at radius 1 is 1.33 bits per heavy atom. The highest BCUT2D eigenvalue weighted by Crippen LogP contribution is 2.34. The second kappa shape index (κ2) is 9.83. The fourth-order valence-electron chi connectivity index (χ4n) is 4.13. The number of rotatable bonds is 8. The molecule has 1 atom stereocenters. The van der Waals surface area contributed by atoms with Crippen molar-refractivity contribution in [2.75, 3.05) is 18.9 Å². The van der Waals surface area contributed by atoms with Gasteiger partial charge < -0.3 is 10.1 Å². The van der Waals surface area contributed by atoms with Gasteiger partial charge in [0.25, 0.3) is 5.56 Å². The quantitative estimate of drug-likeness (QED) is 0.491. The van der Waals surface area contributed by atoms with Crippen LogP contribution < -0.4 is 10.9 Å². The molecule has 0 spiro atoms. The van der Waals surface area contributed by atoms with Gasteiger partial charge in [0, 0.05) is 24.6 Å². The lowest BCUT2D eigenvalue weighted by Crippen LogP contribution is -2.33. The second-order valence-corrected chi connectivity index (χ2v) is 10.7. The van der Waals surface area contributed by atoms with Crippen molar-refractivity contribution < 1.29 is 9.53 Å². The van der Waals surface area contributed by atoms with Crippen molar-refractivity contribution in [2.45, 2.75) is 76.6 Å². The lowest BCUT2D eigenvalue weighted by Gasteiger charge is -2.15. The second-order valence-electron chi connectivity index (χ2n) is 8.65. The minimum atomic E-state index is -0.0364. The molecule has 3 heterocycles. The number of aromatic nitrogens is 2. The standard InChI is InChI=1S/C22H31N3O3S2/c1-14(2)9-10-25-21(27)19-16-7-3-4-8-17(16)30-20(19)24-22(25)29-13-18(26)23-12-15-6-5-11-28-15/h14-15H,3-13H2,1-2H3,(H,23,26)/t15-/m1/s1. The molecular weight excluding hydrogens is 418 g/mol. The minimum Gasteiger partial charge on any atom is -0.376 e. The van der Waals surface area contributed by atoms with Crippen molar-refractivity contribution in [1.82, 2.24) is 14.9 Å². The van der Waals surface area contributed by atoms with Crippen molar-refractivity contribution >= 4 is 39.2 Å². The van der Waals surface area contributed by atoms with Crippen LogP contribution in [0.3, 0.4) is 0 Å². The van der Waals surface area contributed by atoms with Gasteiger partial charge in [-0.2, -0.15) is 0 Å². The molecule has 30 heavy (non-hydrogen) atoms. The monoisotopic (exact) mass is 449 g/mol. The van der Waals surface area contributed by atoms with Crippen LogP contribution in [0.15, 0.2) is 9.95 Å². The molecule has 1 saturated heterocycles. The average molecular weight is 450 g/mol. The highest BCUT2D eigenvalue weighted by atomic mass is 32.2. The average Bonchev–Trinajstić information content (AvgIpc) is 3.37. The van der Waals surface area contributed by atoms with E-state index >= 15 is 0 Å². The molecule has 164 valence electrons. The summed E-state index contributed by atoms with van der Waals surface area (Å²) in [5.41, 5.74) is 1.30. The van der Waals surface area contributed by atoms with Gasteiger partial charge in [0.15, 0.2) is 5.16 Å². The van der Waals surface area contributed by atoms with Gasteiger partial charge in [-0.1, -0.05) is 25.6 Å². The van der Waals surface area contributed by atoms with Crippen molar-refractivity contribution in [2.24, 2.45) is 5.92 Å². The fraction of sp³-hybridized carbons (Fsp3) is 0.682. The first kappa shape index (κ1) is 21.8. The van der Waals surface area contributed by atoms with Gasteiger partial charge in [0.05, 0.1) is 17.2 Å². The van der Waals surface area contributed by atoms with Crippen LogP contribution >= 0.6 is 23.1 Å². The number of thioether (sulfide) groups is 1. The molecular formula is C22H31N3O3S2. The number of aryl methyl sites for hydroxylation is 2. The lowest BCUT2D eigenvalue weighted by molar-refractivity contribution is -0.119. The molecule has 1 amide bonds. The largest absolute Gasteiger partial charge is 0.376 e. The first-order valence-electron chi connectivity index (χ1n) is 11.1. The molecule has 2 aromatic heterocycles. The normalized spacial score (nSPS) is 18.8. The van der Waals surface area contributed by atoms with Crippen molar-refractivity contribution in [3.8, 4) is 0 Å². The van der Waals surface area contributed by atoms with Gasteiger partial charge in [-0.3, -0.25) is 14.2 Å². The molecule has 0 bridgehead atoms. The molecule has 0 saturated carbocycles. The molecule has 1 aliphatic heterocycles. The summed E-state index contributed by atoms with van der Waals surface area (Å²) in [5, 5.41) is 4.45. The predicted molar refractivity (Wildman–Crippen MR) is 123 cm³/mol. The Morgan fingerprint density at radius 3 is 2.93 bits per heavy atom. The van der Waals surface area contributed by atoms with E-state index in [4.69, 9.17) is 9.72 Å². The van der Waals surface area contributed by atoms with Gasteiger partial charge in [-0.25, -0.2) is 4.98 Å². The molecule has 1 aliphatic carbocycles. The van der Waals surface area contributed by atoms with Crippen LogP contribution in [0.1, 0.15) is 56.4 Å². The van der Waals surface area contributed by atoms with Crippen LogP contribution in [0.25, 0.3) is 10.2 Å². The lowest BCUT2D eigenvalue weighted by atomic mass is 9.97. The molecule has 2 aromatic rings. The van der Waals surface area contributed by atoms with Crippen molar-refractivity contribution in [1.29, 1.82) is 0 Å². The number of hydrogen-bond acceptors (Lipinski definition) is 6. The molecule has 1 fully saturated rings. The van der Waals surface area contributed by atoms with Crippen LogP contribution in [0.4, 0.5) is 0 Å². The maximum atomic E-state index is 13.4. The third kappa shape index (κ3) is 4.92. The SMILES string of the molecule is CC(C)CCn1c(SCC(=O)NC[C@H]2CCCO2)nc2sc3c(c2c1=O)CCCC3. The third-order valence-electron chi connectivity index (χ3n) is 5.85. The van der Waals surface area contributed by atoms with Gasteiger partial charge in [-0.05, 0) is 56.4 Å². The maximum absolute atomic E-state index is 13.4. The summed E-state index contributed by atoms with van der Waals surface area (Å²) in [4.78, 5) is 32.8. The zero-order chi connectivity index (χ0) is 21.1. The smallest absolute Gasteiger partial charge is 0.263 e. The summed E-state index contributed by atoms with van der Waals surface area (Å²) >= 11 is 3.04. The Morgan fingerprint density at radius 2 is 2.17 bits per heavy atom. The summed E-state index contributed by atoms with van der Waals surface area (Å²) in [6.45, 7) is 6.31. The number of nitrogens with zero attached hydrogens (tertiary/aromatic N) is 2. The van der Waals surface area contributed by atoms with E-state index in [1.54, 1.807) is 11.3 Å². The zero-order valence-corrected chi connectivity index (χ0v) is 19.5. The summed E-state index contributed by atoms with van der Waals surface area (Å²) in [5.74, 6) is 0.722. The molecule has 4 rings (SSSR count). The first-order chi connectivity index (χ1) is 14.5. The number of ether oxygens (including phenoxy) is 1. The van der Waals surface area contributed by atoms with Gasteiger partial charge >= 0.3 is 0 Å². The van der Waals surface area contributed by atoms with Crippen LogP contribution in [0.2, 0.25) is 0 Å². The number of carbonyl (C=O) groups excluding carboxylic acids is 1. The Hall–Kier alpha value is -1.38. The number of fused-ring (bicyclic) bond motifs is 3. The Kier molecular flexibility index (Phi) is 7.16. The van der Waals surface area contributed by atoms with E-state index in [2.05, 4.69) is 19.2 Å². The van der Waals surface area contributed by atoms with Gasteiger partial charge in [-0.15, -0.1) is 11.3 Å². The van der Waals surface area contributed by atoms with E-state index in [1.165, 1.54) is 28.6 Å². The third-order valence-corrected chi connectivity index (χ3v) is 8.02. The summed E-state index contributed by atoms with van der Waals surface area (Å²) in [6.07, 6.45) is 7.48. The molecule has 0 unspecified atom stereocenters. The fourth-order valence-corrected chi connectivity index (χ4v) is 6.29. The minimum absolute atomic E-state index is 0.0364. The molecule has 1 N–H and O–H groups in total. The molecule has 8 heteroatoms. The topological polar surface area (TPSA) is 73.2 Å². The predicted octanol–water partition coefficient (Wildman–Crippen LogP) is 3.77. The Labute approximate surface area is 185 Å². The number of thiophene rings is 1. The van der Waals surface area contributed by atoms with E-state index in [1.807, 2.05) is 4.57 Å². The highest BCUT2D eigenvalue weighted by molar-refractivity contribution is 7.99. The number of carbonyl (C=O) groups is 1. The zero-order valence-electron chi connectivity index (χ0n) is 17.9. The molecule has 6 nitrogen and oxygen atoms in total. The van der Waals surface area contributed by atoms with Crippen LogP contribution in [0.5, 0.6) is 0 Å². The van der Waals surface area contributed by atoms with E-state index in [0.717, 1.165) is 55.3 Å². The van der Waals surface area contributed by atoms with Crippen molar-refractivity contribution in [3.05, 3.63) is 20.8 Å². The first-order valence-corrected chi connectivity index (χ1v) is 12.9. The number of hydrogen-bond donors (Lipinski definition) is 1. The van der Waals surface area contributed by atoms with Crippen molar-refractivity contribution in [3.63, 3.8) is 0 Å². The van der Waals surface area contributed by atoms with E-state index in [9.17, 15) is 9.59 Å². The molecule has 0 aromatic carbocycles. The summed E-state index contributed by atoms with van der Waals surface area (Å²) in [6, 6.07) is 0. The van der Waals surface area contributed by atoms with Crippen LogP contribution in [0, 0.1) is 5.92 Å².